The number of carbonyl (C=O) groups excluding carboxylic acids is 1. The molecule has 0 spiro atoms. The summed E-state index contributed by atoms with van der Waals surface area (Å²) in [6.07, 6.45) is 0. The van der Waals surface area contributed by atoms with Crippen LogP contribution in [0.25, 0.3) is 0 Å². The van der Waals surface area contributed by atoms with Crippen molar-refractivity contribution in [3.63, 3.8) is 0 Å². The van der Waals surface area contributed by atoms with Crippen LogP contribution >= 0.6 is 0 Å². The molecule has 1 aliphatic rings. The molecule has 0 saturated carbocycles. The molecule has 0 aliphatic carbocycles. The number of hydrogen-bond donors (Lipinski definition) is 1. The van der Waals surface area contributed by atoms with Gasteiger partial charge in [0.1, 0.15) is 5.82 Å². The van der Waals surface area contributed by atoms with Crippen LogP contribution < -0.4 is 10.2 Å². The third-order valence-electron chi connectivity index (χ3n) is 2.85. The minimum Gasteiger partial charge on any atom is -0.315 e. The number of hydrogen-bond acceptors (Lipinski definition) is 2. The number of carbonyl (C=O) groups is 1. The molecule has 1 heterocycles. The van der Waals surface area contributed by atoms with Crippen molar-refractivity contribution in [1.29, 1.82) is 0 Å². The molecule has 3 nitrogen and oxygen atoms in total. The van der Waals surface area contributed by atoms with Gasteiger partial charge in [0.2, 0.25) is 5.91 Å². The van der Waals surface area contributed by atoms with Crippen molar-refractivity contribution in [3.8, 4) is 0 Å². The fourth-order valence-electron chi connectivity index (χ4n) is 1.77. The molecule has 1 amide bonds. The van der Waals surface area contributed by atoms with Gasteiger partial charge in [-0.3, -0.25) is 4.79 Å². The lowest BCUT2D eigenvalue weighted by atomic mass is 10.0. The van der Waals surface area contributed by atoms with Crippen molar-refractivity contribution >= 4 is 11.6 Å². The van der Waals surface area contributed by atoms with E-state index in [0.717, 1.165) is 18.8 Å². The average molecular weight is 222 g/mol. The maximum Gasteiger partial charge on any atom is 0.232 e. The van der Waals surface area contributed by atoms with Crippen LogP contribution in [0, 0.1) is 11.7 Å². The van der Waals surface area contributed by atoms with Gasteiger partial charge in [-0.2, -0.15) is 0 Å². The van der Waals surface area contributed by atoms with Crippen LogP contribution in [0.3, 0.4) is 0 Å². The fourth-order valence-corrected chi connectivity index (χ4v) is 1.77. The van der Waals surface area contributed by atoms with E-state index in [1.807, 2.05) is 6.92 Å². The van der Waals surface area contributed by atoms with Gasteiger partial charge in [-0.05, 0) is 31.2 Å². The molecule has 1 fully saturated rings. The SMILES string of the molecule is CCN(C(=O)C1CNC1)c1ccc(F)cc1. The lowest BCUT2D eigenvalue weighted by Gasteiger charge is -2.31. The highest BCUT2D eigenvalue weighted by Gasteiger charge is 2.29. The second kappa shape index (κ2) is 4.61. The molecule has 0 aromatic heterocycles. The van der Waals surface area contributed by atoms with Crippen molar-refractivity contribution in [3.05, 3.63) is 30.1 Å². The van der Waals surface area contributed by atoms with Crippen molar-refractivity contribution < 1.29 is 9.18 Å². The predicted molar refractivity (Wildman–Crippen MR) is 60.8 cm³/mol. The van der Waals surface area contributed by atoms with E-state index in [4.69, 9.17) is 0 Å². The first-order valence-corrected chi connectivity index (χ1v) is 5.50. The summed E-state index contributed by atoms with van der Waals surface area (Å²) in [5, 5.41) is 3.07. The highest BCUT2D eigenvalue weighted by atomic mass is 19.1. The van der Waals surface area contributed by atoms with Crippen LogP contribution in [0.1, 0.15) is 6.92 Å². The minimum atomic E-state index is -0.280. The normalized spacial score (nSPS) is 15.6. The van der Waals surface area contributed by atoms with Gasteiger partial charge < -0.3 is 10.2 Å². The smallest absolute Gasteiger partial charge is 0.232 e. The Bertz CT molecular complexity index is 373. The Kier molecular flexibility index (Phi) is 3.19. The number of benzene rings is 1. The first-order valence-electron chi connectivity index (χ1n) is 5.50. The van der Waals surface area contributed by atoms with Crippen LogP contribution in [0.15, 0.2) is 24.3 Å². The summed E-state index contributed by atoms with van der Waals surface area (Å²) in [7, 11) is 0. The number of nitrogens with one attached hydrogen (secondary N) is 1. The molecule has 1 aromatic carbocycles. The summed E-state index contributed by atoms with van der Waals surface area (Å²) < 4.78 is 12.8. The summed E-state index contributed by atoms with van der Waals surface area (Å²) in [6, 6.07) is 6.04. The number of anilines is 1. The molecule has 4 heteroatoms. The maximum atomic E-state index is 12.8. The predicted octanol–water partition coefficient (Wildman–Crippen LogP) is 1.40. The Morgan fingerprint density at radius 3 is 2.50 bits per heavy atom. The largest absolute Gasteiger partial charge is 0.315 e. The average Bonchev–Trinajstić information content (AvgIpc) is 2.19. The van der Waals surface area contributed by atoms with Gasteiger partial charge in [-0.15, -0.1) is 0 Å². The summed E-state index contributed by atoms with van der Waals surface area (Å²) >= 11 is 0. The topological polar surface area (TPSA) is 32.3 Å². The quantitative estimate of drug-likeness (QED) is 0.838. The van der Waals surface area contributed by atoms with E-state index in [2.05, 4.69) is 5.32 Å². The van der Waals surface area contributed by atoms with Crippen LogP contribution in [0.4, 0.5) is 10.1 Å². The van der Waals surface area contributed by atoms with Crippen LogP contribution in [-0.2, 0) is 4.79 Å². The van der Waals surface area contributed by atoms with Crippen molar-refractivity contribution in [2.24, 2.45) is 5.92 Å². The van der Waals surface area contributed by atoms with Gasteiger partial charge in [0.15, 0.2) is 0 Å². The number of rotatable bonds is 3. The summed E-state index contributed by atoms with van der Waals surface area (Å²) in [5.41, 5.74) is 0.765. The van der Waals surface area contributed by atoms with Crippen LogP contribution in [-0.4, -0.2) is 25.5 Å². The number of amides is 1. The molecular weight excluding hydrogens is 207 g/mol. The van der Waals surface area contributed by atoms with Crippen molar-refractivity contribution in [2.75, 3.05) is 24.5 Å². The van der Waals surface area contributed by atoms with E-state index in [1.165, 1.54) is 12.1 Å². The zero-order chi connectivity index (χ0) is 11.5. The van der Waals surface area contributed by atoms with Crippen LogP contribution in [0.5, 0.6) is 0 Å². The minimum absolute atomic E-state index is 0.0741. The first-order chi connectivity index (χ1) is 7.72. The van der Waals surface area contributed by atoms with E-state index in [9.17, 15) is 9.18 Å². The Balaban J connectivity index is 2.14. The van der Waals surface area contributed by atoms with E-state index in [1.54, 1.807) is 17.0 Å². The van der Waals surface area contributed by atoms with E-state index in [-0.39, 0.29) is 17.6 Å². The van der Waals surface area contributed by atoms with E-state index in [0.29, 0.717) is 6.54 Å². The Labute approximate surface area is 94.3 Å². The molecule has 16 heavy (non-hydrogen) atoms. The van der Waals surface area contributed by atoms with Gasteiger partial charge in [0, 0.05) is 25.3 Å². The number of nitrogens with zero attached hydrogens (tertiary/aromatic N) is 1. The molecule has 0 radical (unpaired) electrons. The Morgan fingerprint density at radius 2 is 2.06 bits per heavy atom. The molecule has 0 atom stereocenters. The third kappa shape index (κ3) is 2.07. The lowest BCUT2D eigenvalue weighted by molar-refractivity contribution is -0.123. The van der Waals surface area contributed by atoms with Gasteiger partial charge in [0.05, 0.1) is 5.92 Å². The fraction of sp³-hybridized carbons (Fsp3) is 0.417. The highest BCUT2D eigenvalue weighted by Crippen LogP contribution is 2.18. The van der Waals surface area contributed by atoms with Crippen LogP contribution in [0.2, 0.25) is 0 Å². The van der Waals surface area contributed by atoms with Gasteiger partial charge in [0.25, 0.3) is 0 Å². The highest BCUT2D eigenvalue weighted by molar-refractivity contribution is 5.95. The molecule has 86 valence electrons. The molecule has 1 aromatic rings. The zero-order valence-corrected chi connectivity index (χ0v) is 9.24. The summed E-state index contributed by atoms with van der Waals surface area (Å²) in [6.45, 7) is 4.03. The third-order valence-corrected chi connectivity index (χ3v) is 2.85. The first kappa shape index (κ1) is 11.1. The molecule has 1 saturated heterocycles. The Hall–Kier alpha value is -1.42. The number of halogens is 1. The standard InChI is InChI=1S/C12H15FN2O/c1-2-15(12(16)9-7-14-8-9)11-5-3-10(13)4-6-11/h3-6,9,14H,2,7-8H2,1H3. The van der Waals surface area contributed by atoms with Gasteiger partial charge in [-0.1, -0.05) is 0 Å². The maximum absolute atomic E-state index is 12.8. The second-order valence-corrected chi connectivity index (χ2v) is 3.91. The molecule has 1 aliphatic heterocycles. The summed E-state index contributed by atoms with van der Waals surface area (Å²) in [4.78, 5) is 13.7. The molecule has 0 unspecified atom stereocenters. The van der Waals surface area contributed by atoms with E-state index < -0.39 is 0 Å². The second-order valence-electron chi connectivity index (χ2n) is 3.91. The summed E-state index contributed by atoms with van der Waals surface area (Å²) in [5.74, 6) is -0.0876. The zero-order valence-electron chi connectivity index (χ0n) is 9.24. The monoisotopic (exact) mass is 222 g/mol. The Morgan fingerprint density at radius 1 is 1.44 bits per heavy atom. The van der Waals surface area contributed by atoms with Gasteiger partial charge in [-0.25, -0.2) is 4.39 Å². The van der Waals surface area contributed by atoms with Crippen molar-refractivity contribution in [1.82, 2.24) is 5.32 Å². The van der Waals surface area contributed by atoms with Crippen molar-refractivity contribution in [2.45, 2.75) is 6.92 Å². The molecule has 0 bridgehead atoms. The molecule has 1 N–H and O–H groups in total. The van der Waals surface area contributed by atoms with E-state index >= 15 is 0 Å². The molecular formula is C12H15FN2O. The van der Waals surface area contributed by atoms with Gasteiger partial charge >= 0.3 is 0 Å². The lowest BCUT2D eigenvalue weighted by Crippen LogP contribution is -2.52. The molecule has 2 rings (SSSR count).